The van der Waals surface area contributed by atoms with Crippen molar-refractivity contribution in [1.82, 2.24) is 0 Å². The molecule has 305 valence electrons. The first-order chi connectivity index (χ1) is 25.7. The smallest absolute Gasteiger partial charge is 0.254 e. The van der Waals surface area contributed by atoms with Gasteiger partial charge in [-0.3, -0.25) is 9.59 Å². The van der Waals surface area contributed by atoms with Crippen molar-refractivity contribution in [3.8, 4) is 0 Å². The van der Waals surface area contributed by atoms with E-state index in [0.29, 0.717) is 31.2 Å². The van der Waals surface area contributed by atoms with Crippen LogP contribution in [-0.4, -0.2) is 25.0 Å². The molecule has 2 aromatic rings. The molecule has 0 aliphatic rings. The van der Waals surface area contributed by atoms with E-state index in [4.69, 9.17) is 20.9 Å². The number of rotatable bonds is 32. The fourth-order valence-electron chi connectivity index (χ4n) is 6.95. The minimum absolute atomic E-state index is 0. The molecule has 0 aromatic carbocycles. The molecule has 2 amide bonds. The van der Waals surface area contributed by atoms with Crippen LogP contribution in [0.2, 0.25) is 0 Å². The van der Waals surface area contributed by atoms with Gasteiger partial charge in [-0.25, -0.2) is 0 Å². The zero-order valence-corrected chi connectivity index (χ0v) is 37.7. The van der Waals surface area contributed by atoms with Gasteiger partial charge in [0.15, 0.2) is 24.8 Å². The van der Waals surface area contributed by atoms with E-state index in [0.717, 1.165) is 30.8 Å². The fourth-order valence-corrected chi connectivity index (χ4v) is 6.95. The predicted octanol–water partition coefficient (Wildman–Crippen LogP) is 9.86. The molecule has 4 N–H and O–H groups in total. The first kappa shape index (κ1) is 52.3. The van der Waals surface area contributed by atoms with Crippen LogP contribution in [0.5, 0.6) is 0 Å². The monoisotopic (exact) mass is 828 g/mol. The van der Waals surface area contributed by atoms with Crippen LogP contribution >= 0.6 is 0 Å². The van der Waals surface area contributed by atoms with Gasteiger partial charge in [0.25, 0.3) is 18.5 Å². The van der Waals surface area contributed by atoms with Gasteiger partial charge in [-0.05, 0) is 42.7 Å². The number of ether oxygens (including phenoxy) is 2. The van der Waals surface area contributed by atoms with Crippen LogP contribution in [0.4, 0.5) is 0 Å². The molecule has 0 aliphatic carbocycles. The van der Waals surface area contributed by atoms with Gasteiger partial charge < -0.3 is 34.3 Å². The van der Waals surface area contributed by atoms with Crippen LogP contribution in [0.1, 0.15) is 177 Å². The molecule has 2 rings (SSSR count). The molecule has 0 aliphatic heterocycles. The number of hydrogen-bond acceptors (Lipinski definition) is 4. The van der Waals surface area contributed by atoms with E-state index in [1.54, 1.807) is 41.4 Å². The second-order valence-corrected chi connectivity index (χ2v) is 15.0. The summed E-state index contributed by atoms with van der Waals surface area (Å²) in [7, 11) is 0. The Morgan fingerprint density at radius 2 is 1.15 bits per heavy atom. The molecule has 8 nitrogen and oxygen atoms in total. The Bertz CT molecular complexity index is 1200. The molecule has 3 unspecified atom stereocenters. The van der Waals surface area contributed by atoms with Crippen molar-refractivity contribution in [3.05, 3.63) is 73.5 Å². The minimum atomic E-state index is -0.441. The van der Waals surface area contributed by atoms with Gasteiger partial charge in [-0.1, -0.05) is 137 Å². The number of amides is 2. The molecule has 0 saturated carbocycles. The largest absolute Gasteiger partial charge is 0.365 e. The maximum atomic E-state index is 11.4. The second kappa shape index (κ2) is 35.7. The zero-order chi connectivity index (χ0) is 38.9. The van der Waals surface area contributed by atoms with Crippen LogP contribution in [0.25, 0.3) is 0 Å². The summed E-state index contributed by atoms with van der Waals surface area (Å²) < 4.78 is 14.7. The molecular formula is C45H78N4O4Y. The molecule has 2 heterocycles. The average molecular weight is 828 g/mol. The number of nitrogens with zero attached hydrogens (tertiary/aromatic N) is 2. The first-order valence-corrected chi connectivity index (χ1v) is 21.1. The summed E-state index contributed by atoms with van der Waals surface area (Å²) in [5.41, 5.74) is 11.5. The Hall–Kier alpha value is -1.74. The fraction of sp³-hybridized carbons (Fsp3) is 0.689. The topological polar surface area (TPSA) is 112 Å². The number of primary amides is 2. The summed E-state index contributed by atoms with van der Waals surface area (Å²) >= 11 is 0. The number of hydrogen-bond donors (Lipinski definition) is 2. The van der Waals surface area contributed by atoms with E-state index < -0.39 is 11.8 Å². The van der Waals surface area contributed by atoms with Crippen molar-refractivity contribution < 1.29 is 60.9 Å². The van der Waals surface area contributed by atoms with E-state index in [1.165, 1.54) is 122 Å². The maximum absolute atomic E-state index is 11.4. The Morgan fingerprint density at radius 1 is 0.685 bits per heavy atom. The van der Waals surface area contributed by atoms with E-state index in [-0.39, 0.29) is 32.7 Å². The summed E-state index contributed by atoms with van der Waals surface area (Å²) in [5, 5.41) is 0. The van der Waals surface area contributed by atoms with Crippen LogP contribution < -0.4 is 20.6 Å². The Balaban J connectivity index is 0.00000168. The normalized spacial score (nSPS) is 12.6. The Morgan fingerprint density at radius 3 is 1.67 bits per heavy atom. The molecule has 0 spiro atoms. The molecule has 54 heavy (non-hydrogen) atoms. The van der Waals surface area contributed by atoms with Crippen molar-refractivity contribution in [2.24, 2.45) is 29.2 Å². The molecule has 0 fully saturated rings. The second-order valence-electron chi connectivity index (χ2n) is 15.0. The number of carbonyl (C=O) groups is 2. The SMILES string of the molecule is CC[CH-]CCCC(CCCCC)CCCC(CCCOC[n+]1cccc(C(N)=O)c1)CCCC(C)CCCCC.[CH2-]COC[n+]1cccc(C(N)=O)c1.[Y]. The zero-order valence-electron chi connectivity index (χ0n) is 34.9. The standard InChI is InChI=1S/C36H66N2O2.C9H12N2O2.Y/c1-5-8-11-14-22-33(21-13-10-7-3)24-16-25-34(23-15-20-32(4)19-12-9-6-2)26-18-29-40-31-38-28-17-27-35(30-38)36(37)39;1-2-13-7-11-5-3-4-8(6-11)9(10)12;/h8,17,27-28,30,32-34H,5-7,9-16,18-26,29,31H2,1-4H3,(H2,37,39);3-6H,1-2,7H2,(H2,10,12);. The van der Waals surface area contributed by atoms with Gasteiger partial charge in [-0.2, -0.15) is 22.0 Å². The minimum Gasteiger partial charge on any atom is -0.365 e. The summed E-state index contributed by atoms with van der Waals surface area (Å²) in [6, 6.07) is 6.99. The Labute approximate surface area is 356 Å². The predicted molar refractivity (Wildman–Crippen MR) is 217 cm³/mol. The van der Waals surface area contributed by atoms with Gasteiger partial charge in [0, 0.05) is 44.8 Å². The van der Waals surface area contributed by atoms with Gasteiger partial charge in [0.1, 0.15) is 11.1 Å². The summed E-state index contributed by atoms with van der Waals surface area (Å²) in [5.74, 6) is 1.77. The van der Waals surface area contributed by atoms with Crippen molar-refractivity contribution in [2.45, 2.75) is 170 Å². The van der Waals surface area contributed by atoms with Crippen molar-refractivity contribution >= 4 is 11.8 Å². The molecule has 2 aromatic heterocycles. The molecule has 9 heteroatoms. The van der Waals surface area contributed by atoms with Crippen molar-refractivity contribution in [2.75, 3.05) is 13.2 Å². The molecule has 0 saturated heterocycles. The van der Waals surface area contributed by atoms with Crippen LogP contribution in [-0.2, 0) is 55.6 Å². The van der Waals surface area contributed by atoms with Crippen LogP contribution in [0.15, 0.2) is 49.1 Å². The Kier molecular flexibility index (Phi) is 34.5. The van der Waals surface area contributed by atoms with Crippen LogP contribution in [0.3, 0.4) is 0 Å². The van der Waals surface area contributed by atoms with E-state index >= 15 is 0 Å². The third-order valence-corrected chi connectivity index (χ3v) is 10.2. The third-order valence-electron chi connectivity index (χ3n) is 10.2. The number of nitrogens with two attached hydrogens (primary N) is 2. The number of aromatic nitrogens is 2. The number of unbranched alkanes of at least 4 members (excludes halogenated alkanes) is 7. The van der Waals surface area contributed by atoms with E-state index in [1.807, 2.05) is 16.8 Å². The summed E-state index contributed by atoms with van der Waals surface area (Å²) in [4.78, 5) is 22.2. The van der Waals surface area contributed by atoms with Gasteiger partial charge in [0.2, 0.25) is 6.73 Å². The quantitative estimate of drug-likeness (QED) is 0.0435. The third kappa shape index (κ3) is 27.8. The summed E-state index contributed by atoms with van der Waals surface area (Å²) in [6.45, 7) is 14.9. The van der Waals surface area contributed by atoms with Crippen LogP contribution in [0, 0.1) is 31.1 Å². The van der Waals surface area contributed by atoms with Gasteiger partial charge in [0.05, 0.1) is 6.61 Å². The van der Waals surface area contributed by atoms with Crippen molar-refractivity contribution in [3.63, 3.8) is 0 Å². The molecule has 3 atom stereocenters. The van der Waals surface area contributed by atoms with Crippen molar-refractivity contribution in [1.29, 1.82) is 0 Å². The van der Waals surface area contributed by atoms with E-state index in [9.17, 15) is 9.59 Å². The first-order valence-electron chi connectivity index (χ1n) is 21.1. The van der Waals surface area contributed by atoms with E-state index in [2.05, 4.69) is 41.0 Å². The number of pyridine rings is 2. The summed E-state index contributed by atoms with van der Waals surface area (Å²) in [6.07, 6.45) is 36.6. The number of carbonyl (C=O) groups excluding carboxylic acids is 2. The average Bonchev–Trinajstić information content (AvgIpc) is 3.15. The van der Waals surface area contributed by atoms with Gasteiger partial charge >= 0.3 is 0 Å². The molecule has 1 radical (unpaired) electrons. The van der Waals surface area contributed by atoms with Gasteiger partial charge in [-0.15, -0.1) is 0 Å². The maximum Gasteiger partial charge on any atom is 0.254 e. The molecule has 0 bridgehead atoms. The molecular weight excluding hydrogens is 749 g/mol.